The monoisotopic (exact) mass is 340 g/mol. The predicted molar refractivity (Wildman–Crippen MR) is 56.3 cm³/mol. The molecule has 98 valence electrons. The van der Waals surface area contributed by atoms with Crippen LogP contribution in [0.3, 0.4) is 0 Å². The Kier molecular flexibility index (Phi) is 6.34. The van der Waals surface area contributed by atoms with Gasteiger partial charge >= 0.3 is 65.2 Å². The standard InChI is InChI=1S/C4H10O.6CO.Mo/c1-3-5-4-2;6*1-2;/h3-4H2,1-2H3;;;;;;;. The molecule has 0 saturated carbocycles. The first-order chi connectivity index (χ1) is 8.39. The van der Waals surface area contributed by atoms with Crippen LogP contribution in [0.2, 0.25) is 0 Å². The first-order valence-electron chi connectivity index (χ1n) is 4.44. The number of hydrogen-bond acceptors (Lipinski definition) is 7. The van der Waals surface area contributed by atoms with Crippen molar-refractivity contribution in [3.63, 3.8) is 0 Å². The Morgan fingerprint density at radius 3 is 0.889 bits per heavy atom. The number of rotatable bonds is 2. The summed E-state index contributed by atoms with van der Waals surface area (Å²) in [6, 6.07) is 0. The molecule has 7 nitrogen and oxygen atoms in total. The third kappa shape index (κ3) is 2.68. The second-order valence-electron chi connectivity index (χ2n) is 2.81. The molecular weight excluding hydrogens is 328 g/mol. The van der Waals surface area contributed by atoms with Crippen LogP contribution in [0, 0.1) is 0 Å². The summed E-state index contributed by atoms with van der Waals surface area (Å²) in [5.74, 6) is 0. The molecule has 0 unspecified atom stereocenters. The molecule has 0 aromatic carbocycles. The van der Waals surface area contributed by atoms with Crippen molar-refractivity contribution in [1.29, 1.82) is 0 Å². The molecule has 0 aromatic heterocycles. The van der Waals surface area contributed by atoms with Crippen molar-refractivity contribution in [3.05, 3.63) is 0 Å². The SMILES string of the molecule is CCOCC.O=[C]=[Mo](=[C]=O)(=[C]=O)(=[C]=O)(=[C]=O)=[C]=O. The molecule has 0 radical (unpaired) electrons. The number of ether oxygens (including phenoxy) is 1. The van der Waals surface area contributed by atoms with Crippen LogP contribution in [0.15, 0.2) is 0 Å². The van der Waals surface area contributed by atoms with E-state index in [2.05, 4.69) is 0 Å². The fraction of sp³-hybridized carbons (Fsp3) is 0.400. The predicted octanol–water partition coefficient (Wildman–Crippen LogP) is -1.34. The van der Waals surface area contributed by atoms with Gasteiger partial charge in [0.25, 0.3) is 0 Å². The average Bonchev–Trinajstić information content (AvgIpc) is 2.47. The van der Waals surface area contributed by atoms with Gasteiger partial charge < -0.3 is 4.74 Å². The number of carbonyl (C=O) groups excluding carboxylic acids is 6. The quantitative estimate of drug-likeness (QED) is 0.573. The van der Waals surface area contributed by atoms with Crippen molar-refractivity contribution in [1.82, 2.24) is 0 Å². The van der Waals surface area contributed by atoms with E-state index < -0.39 is 10.8 Å². The summed E-state index contributed by atoms with van der Waals surface area (Å²) in [4.78, 5) is 61.6. The van der Waals surface area contributed by atoms with Crippen molar-refractivity contribution >= 4 is 25.6 Å². The molecule has 0 aliphatic carbocycles. The van der Waals surface area contributed by atoms with Gasteiger partial charge in [-0.1, -0.05) is 0 Å². The van der Waals surface area contributed by atoms with Gasteiger partial charge in [-0.25, -0.2) is 0 Å². The summed E-state index contributed by atoms with van der Waals surface area (Å²) < 4.78 is 7.91. The Morgan fingerprint density at radius 2 is 0.889 bits per heavy atom. The minimum atomic E-state index is -7.38. The molecule has 0 aliphatic heterocycles. The van der Waals surface area contributed by atoms with Crippen LogP contribution < -0.4 is 0 Å². The van der Waals surface area contributed by atoms with E-state index in [0.29, 0.717) is 25.6 Å². The molecule has 0 saturated heterocycles. The second kappa shape index (κ2) is 6.17. The fourth-order valence-electron chi connectivity index (χ4n) is 0.459. The van der Waals surface area contributed by atoms with E-state index in [0.717, 1.165) is 13.2 Å². The summed E-state index contributed by atoms with van der Waals surface area (Å²) in [5, 5.41) is 0. The summed E-state index contributed by atoms with van der Waals surface area (Å²) in [7, 11) is -7.38. The van der Waals surface area contributed by atoms with Crippen molar-refractivity contribution in [2.45, 2.75) is 13.8 Å². The maximum atomic E-state index is 10.3. The van der Waals surface area contributed by atoms with Crippen LogP contribution in [0.4, 0.5) is 0 Å². The van der Waals surface area contributed by atoms with E-state index in [4.69, 9.17) is 4.74 Å². The van der Waals surface area contributed by atoms with Gasteiger partial charge in [-0.15, -0.1) is 0 Å². The van der Waals surface area contributed by atoms with Gasteiger partial charge in [0.05, 0.1) is 0 Å². The van der Waals surface area contributed by atoms with E-state index in [1.165, 1.54) is 0 Å². The zero-order valence-electron chi connectivity index (χ0n) is 9.68. The van der Waals surface area contributed by atoms with Gasteiger partial charge in [0.15, 0.2) is 0 Å². The molecule has 0 amide bonds. The third-order valence-electron chi connectivity index (χ3n) is 1.66. The van der Waals surface area contributed by atoms with Gasteiger partial charge in [-0.3, -0.25) is 0 Å². The topological polar surface area (TPSA) is 112 Å². The molecule has 0 fully saturated rings. The average molecular weight is 338 g/mol. The third-order valence-corrected chi connectivity index (χ3v) is 7.80. The Bertz CT molecular complexity index is 837. The van der Waals surface area contributed by atoms with E-state index in [9.17, 15) is 28.8 Å². The Hall–Kier alpha value is -1.87. The molecular formula is C10H10MoO7. The van der Waals surface area contributed by atoms with Gasteiger partial charge in [-0.05, 0) is 13.8 Å². The fourth-order valence-corrected chi connectivity index (χ4v) is 1.71. The van der Waals surface area contributed by atoms with Crippen LogP contribution in [-0.4, -0.2) is 38.8 Å². The van der Waals surface area contributed by atoms with Crippen molar-refractivity contribution in [2.24, 2.45) is 0 Å². The molecule has 0 aromatic rings. The Morgan fingerprint density at radius 1 is 0.667 bits per heavy atom. The van der Waals surface area contributed by atoms with Crippen molar-refractivity contribution in [3.8, 4) is 0 Å². The van der Waals surface area contributed by atoms with Crippen LogP contribution in [-0.2, 0) is 44.3 Å². The maximum absolute atomic E-state index is 10.3. The molecule has 0 rings (SSSR count). The molecule has 0 bridgehead atoms. The summed E-state index contributed by atoms with van der Waals surface area (Å²) in [5.41, 5.74) is 0. The van der Waals surface area contributed by atoms with Gasteiger partial charge in [0.2, 0.25) is 0 Å². The van der Waals surface area contributed by atoms with E-state index in [1.807, 2.05) is 13.8 Å². The molecule has 8 heteroatoms. The van der Waals surface area contributed by atoms with E-state index in [1.54, 1.807) is 0 Å². The van der Waals surface area contributed by atoms with E-state index >= 15 is 0 Å². The first-order valence-corrected chi connectivity index (χ1v) is 10.5. The van der Waals surface area contributed by atoms with Crippen LogP contribution in [0.25, 0.3) is 0 Å². The summed E-state index contributed by atoms with van der Waals surface area (Å²) in [6.45, 7) is 5.67. The van der Waals surface area contributed by atoms with Gasteiger partial charge in [0, 0.05) is 13.2 Å². The van der Waals surface area contributed by atoms with Crippen molar-refractivity contribution in [2.75, 3.05) is 13.2 Å². The van der Waals surface area contributed by atoms with E-state index in [-0.39, 0.29) is 0 Å². The zero-order valence-corrected chi connectivity index (χ0v) is 11.7. The minimum absolute atomic E-state index is 0.512. The molecule has 0 spiro atoms. The Labute approximate surface area is 97.1 Å². The van der Waals surface area contributed by atoms with Crippen LogP contribution in [0.1, 0.15) is 13.8 Å². The van der Waals surface area contributed by atoms with Gasteiger partial charge in [-0.2, -0.15) is 0 Å². The van der Waals surface area contributed by atoms with Crippen LogP contribution in [0.5, 0.6) is 0 Å². The zero-order chi connectivity index (χ0) is 14.8. The molecule has 18 heavy (non-hydrogen) atoms. The molecule has 0 N–H and O–H groups in total. The molecule has 0 atom stereocenters. The van der Waals surface area contributed by atoms with Gasteiger partial charge in [0.1, 0.15) is 0 Å². The normalized spacial score (nSPS) is 8.33. The summed E-state index contributed by atoms with van der Waals surface area (Å²) in [6.07, 6.45) is 0. The first kappa shape index (κ1) is 18.5. The number of hydrogen-bond donors (Lipinski definition) is 0. The second-order valence-corrected chi connectivity index (χ2v) is 12.8. The molecule has 0 aliphatic rings. The Balaban J connectivity index is 0. The van der Waals surface area contributed by atoms with Crippen molar-refractivity contribution < 1.29 is 44.3 Å². The summed E-state index contributed by atoms with van der Waals surface area (Å²) >= 11 is 0. The van der Waals surface area contributed by atoms with Crippen LogP contribution >= 0.6 is 0 Å². The molecule has 0 heterocycles.